The first kappa shape index (κ1) is 53.0. The van der Waals surface area contributed by atoms with Gasteiger partial charge in [-0.3, -0.25) is 48.0 Å². The number of hydrogen-bond acceptors (Lipinski definition) is 18. The Morgan fingerprint density at radius 3 is 1.83 bits per heavy atom. The largest absolute Gasteiger partial charge is 0.432 e. The van der Waals surface area contributed by atoms with Gasteiger partial charge in [-0.25, -0.2) is 4.79 Å². The highest BCUT2D eigenvalue weighted by Gasteiger charge is 2.37. The van der Waals surface area contributed by atoms with E-state index in [9.17, 15) is 47.9 Å². The van der Waals surface area contributed by atoms with Gasteiger partial charge in [0.05, 0.1) is 50.8 Å². The number of carbonyl (C=O) groups excluding carboxylic acids is 10. The molecule has 0 radical (unpaired) electrons. The molecule has 354 valence electrons. The summed E-state index contributed by atoms with van der Waals surface area (Å²) in [5.41, 5.74) is 5.86. The summed E-state index contributed by atoms with van der Waals surface area (Å²) in [6.45, 7) is 1.61. The van der Waals surface area contributed by atoms with Crippen LogP contribution < -0.4 is 32.3 Å². The molecule has 1 saturated heterocycles. The Labute approximate surface area is 376 Å². The lowest BCUT2D eigenvalue weighted by atomic mass is 10.1. The van der Waals surface area contributed by atoms with Crippen LogP contribution in [0.5, 0.6) is 0 Å². The SMILES string of the molecule is CCSSC[C@H](NC(=O)C(CCCCNC(=O)CON1C(=O)c2ccccc2C1=O)NC(=O)COCCOCCNC(=O)COCCOCCNC(=O)ON1C(=O)CCC1=O)C(N)=O. The molecular formula is C38H54N8O16S2. The number of hydroxylamine groups is 4. The highest BCUT2D eigenvalue weighted by Crippen LogP contribution is 2.23. The lowest BCUT2D eigenvalue weighted by Gasteiger charge is -2.22. The van der Waals surface area contributed by atoms with Crippen molar-refractivity contribution < 1.29 is 76.6 Å². The van der Waals surface area contributed by atoms with Crippen molar-refractivity contribution in [2.75, 3.05) is 90.6 Å². The fourth-order valence-electron chi connectivity index (χ4n) is 5.41. The standard InChI is InChI=1S/C38H54N8O16S2/c1-2-63-64-24-28(34(39)52)44-35(53)27(9-5-6-12-40-30(48)23-61-46-36(54)25-7-3-4-8-26(25)37(46)55)43-31(49)22-60-20-18-57-15-13-41-29(47)21-59-19-17-58-16-14-42-38(56)62-45-32(50)10-11-33(45)51/h3-4,7-8,27-28H,2,5-6,9-24H2,1H3,(H2,39,52)(H,40,48)(H,41,47)(H,42,56)(H,43,49)(H,44,53)/t27?,28-/m0/s1. The van der Waals surface area contributed by atoms with E-state index in [-0.39, 0.29) is 102 Å². The Morgan fingerprint density at radius 1 is 0.656 bits per heavy atom. The van der Waals surface area contributed by atoms with Gasteiger partial charge in [-0.05, 0) is 31.4 Å². The van der Waals surface area contributed by atoms with Crippen molar-refractivity contribution in [2.45, 2.75) is 51.1 Å². The molecule has 64 heavy (non-hydrogen) atoms. The normalized spacial score (nSPS) is 14.2. The second-order valence-corrected chi connectivity index (χ2v) is 16.2. The third-order valence-corrected chi connectivity index (χ3v) is 11.0. The molecule has 1 aromatic rings. The van der Waals surface area contributed by atoms with E-state index in [1.165, 1.54) is 33.7 Å². The van der Waals surface area contributed by atoms with Crippen LogP contribution in [0.3, 0.4) is 0 Å². The van der Waals surface area contributed by atoms with E-state index in [0.717, 1.165) is 5.75 Å². The monoisotopic (exact) mass is 942 g/mol. The van der Waals surface area contributed by atoms with E-state index in [1.807, 2.05) is 6.92 Å². The maximum absolute atomic E-state index is 13.2. The van der Waals surface area contributed by atoms with Gasteiger partial charge in [0.15, 0.2) is 6.61 Å². The number of hydrogen-bond donors (Lipinski definition) is 6. The average molecular weight is 943 g/mol. The summed E-state index contributed by atoms with van der Waals surface area (Å²) in [7, 11) is 2.85. The second-order valence-electron chi connectivity index (χ2n) is 13.4. The number of imide groups is 2. The first-order valence-electron chi connectivity index (χ1n) is 20.2. The fraction of sp³-hybridized carbons (Fsp3) is 0.579. The van der Waals surface area contributed by atoms with Crippen LogP contribution in [-0.4, -0.2) is 172 Å². The summed E-state index contributed by atoms with van der Waals surface area (Å²) in [6.07, 6.45) is -0.145. The number of unbranched alkanes of at least 4 members (excludes halogenated alkanes) is 1. The number of primary amides is 1. The van der Waals surface area contributed by atoms with Crippen LogP contribution in [-0.2, 0) is 62.2 Å². The Hall–Kier alpha value is -5.38. The molecule has 0 bridgehead atoms. The predicted octanol–water partition coefficient (Wildman–Crippen LogP) is -1.67. The topological polar surface area (TPSA) is 319 Å². The zero-order chi connectivity index (χ0) is 46.7. The lowest BCUT2D eigenvalue weighted by molar-refractivity contribution is -0.171. The Kier molecular flexibility index (Phi) is 24.7. The number of nitrogens with zero attached hydrogens (tertiary/aromatic N) is 2. The first-order valence-corrected chi connectivity index (χ1v) is 22.7. The van der Waals surface area contributed by atoms with Crippen LogP contribution in [0.2, 0.25) is 0 Å². The molecule has 2 aliphatic heterocycles. The van der Waals surface area contributed by atoms with Crippen molar-refractivity contribution in [3.8, 4) is 0 Å². The summed E-state index contributed by atoms with van der Waals surface area (Å²) in [6, 6.07) is 4.11. The van der Waals surface area contributed by atoms with Crippen molar-refractivity contribution in [3.63, 3.8) is 0 Å². The number of rotatable bonds is 33. The van der Waals surface area contributed by atoms with Gasteiger partial charge in [0.2, 0.25) is 29.5 Å². The maximum atomic E-state index is 13.2. The van der Waals surface area contributed by atoms with Crippen molar-refractivity contribution >= 4 is 80.8 Å². The van der Waals surface area contributed by atoms with Crippen LogP contribution >= 0.6 is 21.6 Å². The first-order chi connectivity index (χ1) is 30.8. The number of benzene rings is 1. The fourth-order valence-corrected chi connectivity index (χ4v) is 7.26. The van der Waals surface area contributed by atoms with E-state index < -0.39 is 84.6 Å². The quantitative estimate of drug-likeness (QED) is 0.0261. The highest BCUT2D eigenvalue weighted by molar-refractivity contribution is 8.76. The van der Waals surface area contributed by atoms with Crippen molar-refractivity contribution in [2.24, 2.45) is 5.73 Å². The Bertz CT molecular complexity index is 1740. The van der Waals surface area contributed by atoms with E-state index in [1.54, 1.807) is 12.1 Å². The molecule has 7 N–H and O–H groups in total. The maximum Gasteiger partial charge on any atom is 0.432 e. The number of nitrogens with one attached hydrogen (secondary N) is 5. The van der Waals surface area contributed by atoms with E-state index in [2.05, 4.69) is 31.4 Å². The zero-order valence-corrected chi connectivity index (χ0v) is 36.9. The number of nitrogens with two attached hydrogens (primary N) is 1. The number of carbonyl (C=O) groups is 10. The summed E-state index contributed by atoms with van der Waals surface area (Å²) in [5, 5.41) is 13.7. The minimum absolute atomic E-state index is 0.0118. The number of ether oxygens (including phenoxy) is 4. The van der Waals surface area contributed by atoms with Gasteiger partial charge >= 0.3 is 6.09 Å². The smallest absolute Gasteiger partial charge is 0.377 e. The van der Waals surface area contributed by atoms with E-state index in [0.29, 0.717) is 23.0 Å². The zero-order valence-electron chi connectivity index (χ0n) is 35.2. The van der Waals surface area contributed by atoms with Crippen LogP contribution in [0.15, 0.2) is 24.3 Å². The van der Waals surface area contributed by atoms with Crippen molar-refractivity contribution in [1.29, 1.82) is 0 Å². The summed E-state index contributed by atoms with van der Waals surface area (Å²) in [5.74, 6) is -4.51. The molecule has 0 aromatic heterocycles. The molecule has 10 amide bonds. The molecule has 3 rings (SSSR count). The molecule has 0 spiro atoms. The molecule has 1 unspecified atom stereocenters. The van der Waals surface area contributed by atoms with Crippen molar-refractivity contribution in [3.05, 3.63) is 35.4 Å². The molecule has 0 aliphatic carbocycles. The van der Waals surface area contributed by atoms with Crippen molar-refractivity contribution in [1.82, 2.24) is 36.7 Å². The number of amides is 10. The molecule has 24 nitrogen and oxygen atoms in total. The average Bonchev–Trinajstić information content (AvgIpc) is 3.71. The minimum Gasteiger partial charge on any atom is -0.377 e. The van der Waals surface area contributed by atoms with Gasteiger partial charge in [0, 0.05) is 44.0 Å². The highest BCUT2D eigenvalue weighted by atomic mass is 33.1. The van der Waals surface area contributed by atoms with Crippen LogP contribution in [0.4, 0.5) is 4.79 Å². The van der Waals surface area contributed by atoms with Gasteiger partial charge in [-0.15, -0.1) is 10.1 Å². The van der Waals surface area contributed by atoms with Gasteiger partial charge in [0.25, 0.3) is 23.6 Å². The Morgan fingerprint density at radius 2 is 1.22 bits per heavy atom. The molecule has 0 saturated carbocycles. The summed E-state index contributed by atoms with van der Waals surface area (Å²) in [4.78, 5) is 132. The molecule has 1 aromatic carbocycles. The molecule has 1 fully saturated rings. The second kappa shape index (κ2) is 29.9. The van der Waals surface area contributed by atoms with Gasteiger partial charge < -0.3 is 56.1 Å². The van der Waals surface area contributed by atoms with Crippen LogP contribution in [0, 0.1) is 0 Å². The predicted molar refractivity (Wildman–Crippen MR) is 225 cm³/mol. The molecular weight excluding hydrogens is 889 g/mol. The summed E-state index contributed by atoms with van der Waals surface area (Å²) < 4.78 is 21.3. The Balaban J connectivity index is 1.25. The van der Waals surface area contributed by atoms with E-state index in [4.69, 9.17) is 29.5 Å². The molecule has 2 heterocycles. The third-order valence-electron chi connectivity index (χ3n) is 8.55. The molecule has 26 heteroatoms. The van der Waals surface area contributed by atoms with Gasteiger partial charge in [-0.2, -0.15) is 0 Å². The molecule has 2 aliphatic rings. The summed E-state index contributed by atoms with van der Waals surface area (Å²) >= 11 is 0. The minimum atomic E-state index is -1.07. The molecule has 2 atom stereocenters. The van der Waals surface area contributed by atoms with Crippen LogP contribution in [0.1, 0.15) is 59.7 Å². The van der Waals surface area contributed by atoms with Crippen LogP contribution in [0.25, 0.3) is 0 Å². The lowest BCUT2D eigenvalue weighted by Crippen LogP contribution is -2.54. The number of fused-ring (bicyclic) bond motifs is 1. The van der Waals surface area contributed by atoms with Gasteiger partial charge in [-0.1, -0.05) is 40.6 Å². The third kappa shape index (κ3) is 19.6. The van der Waals surface area contributed by atoms with Gasteiger partial charge in [0.1, 0.15) is 25.3 Å². The van der Waals surface area contributed by atoms with E-state index >= 15 is 0 Å².